The van der Waals surface area contributed by atoms with Gasteiger partial charge >= 0.3 is 0 Å². The third-order valence-electron chi connectivity index (χ3n) is 5.59. The Labute approximate surface area is 179 Å². The minimum Gasteiger partial charge on any atom is -0.368 e. The third-order valence-corrected chi connectivity index (χ3v) is 5.59. The van der Waals surface area contributed by atoms with E-state index in [4.69, 9.17) is 0 Å². The van der Waals surface area contributed by atoms with Gasteiger partial charge in [-0.05, 0) is 37.1 Å². The minimum absolute atomic E-state index is 0.0468. The van der Waals surface area contributed by atoms with E-state index in [0.29, 0.717) is 13.1 Å². The number of carbonyl (C=O) groups excluding carboxylic acids is 2. The van der Waals surface area contributed by atoms with E-state index in [2.05, 4.69) is 29.3 Å². The molecule has 1 atom stereocenters. The molecule has 2 amide bonds. The molecule has 2 N–H and O–H groups in total. The zero-order chi connectivity index (χ0) is 21.3. The number of hydrogen-bond donors (Lipinski definition) is 2. The number of quaternary nitrogens is 1. The number of nitrogens with zero attached hydrogens (tertiary/aromatic N) is 2. The molecule has 1 saturated heterocycles. The van der Waals surface area contributed by atoms with Crippen LogP contribution in [0.3, 0.4) is 0 Å². The van der Waals surface area contributed by atoms with Crippen LogP contribution in [0.4, 0.5) is 11.4 Å². The largest absolute Gasteiger partial charge is 0.368 e. The highest BCUT2D eigenvalue weighted by Gasteiger charge is 2.25. The van der Waals surface area contributed by atoms with Gasteiger partial charge in [0.25, 0.3) is 11.8 Å². The number of benzene rings is 2. The van der Waals surface area contributed by atoms with Crippen molar-refractivity contribution in [3.05, 3.63) is 60.2 Å². The van der Waals surface area contributed by atoms with Crippen LogP contribution in [0.25, 0.3) is 0 Å². The minimum atomic E-state index is -0.0468. The fourth-order valence-corrected chi connectivity index (χ4v) is 3.91. The smallest absolute Gasteiger partial charge is 0.279 e. The lowest BCUT2D eigenvalue weighted by Gasteiger charge is -2.36. The molecule has 0 bridgehead atoms. The molecule has 3 rings (SSSR count). The molecule has 160 valence electrons. The van der Waals surface area contributed by atoms with Gasteiger partial charge in [0.1, 0.15) is 0 Å². The van der Waals surface area contributed by atoms with E-state index in [9.17, 15) is 9.59 Å². The van der Waals surface area contributed by atoms with Crippen LogP contribution in [0.5, 0.6) is 0 Å². The molecular weight excluding hydrogens is 376 g/mol. The zero-order valence-electron chi connectivity index (χ0n) is 18.1. The summed E-state index contributed by atoms with van der Waals surface area (Å²) in [6.45, 7) is 8.66. The van der Waals surface area contributed by atoms with Crippen molar-refractivity contribution >= 4 is 23.2 Å². The molecule has 2 aromatic carbocycles. The molecule has 1 aliphatic rings. The van der Waals surface area contributed by atoms with Crippen molar-refractivity contribution in [2.75, 3.05) is 56.0 Å². The second-order valence-electron chi connectivity index (χ2n) is 7.92. The lowest BCUT2D eigenvalue weighted by molar-refractivity contribution is -0.884. The number of hydrogen-bond acceptors (Lipinski definition) is 3. The first-order valence-electron chi connectivity index (χ1n) is 10.8. The maximum absolute atomic E-state index is 12.9. The first-order valence-corrected chi connectivity index (χ1v) is 10.8. The Hall–Kier alpha value is -2.86. The summed E-state index contributed by atoms with van der Waals surface area (Å²) < 4.78 is 0. The number of rotatable bonds is 8. The van der Waals surface area contributed by atoms with E-state index in [1.807, 2.05) is 54.3 Å². The van der Waals surface area contributed by atoms with Crippen molar-refractivity contribution in [3.8, 4) is 0 Å². The zero-order valence-corrected chi connectivity index (χ0v) is 18.1. The first kappa shape index (κ1) is 21.8. The van der Waals surface area contributed by atoms with Crippen molar-refractivity contribution in [2.45, 2.75) is 20.3 Å². The summed E-state index contributed by atoms with van der Waals surface area (Å²) in [5.74, 6) is 0.0873. The van der Waals surface area contributed by atoms with E-state index in [1.165, 1.54) is 5.69 Å². The van der Waals surface area contributed by atoms with Crippen LogP contribution in [-0.2, 0) is 9.59 Å². The van der Waals surface area contributed by atoms with Gasteiger partial charge in [0.2, 0.25) is 0 Å². The molecule has 6 nitrogen and oxygen atoms in total. The number of carbonyl (C=O) groups is 2. The standard InChI is InChI=1S/C24H32N4O2/c1-3-13-26(18-23(29)25-22-12-8-7-9-20(22)2)19-24(30)28-16-14-27(15-17-28)21-10-5-4-6-11-21/h4-12H,3,13-19H2,1-2H3,(H,25,29)/p+1. The van der Waals surface area contributed by atoms with Crippen molar-refractivity contribution in [1.29, 1.82) is 0 Å². The topological polar surface area (TPSA) is 57.1 Å². The van der Waals surface area contributed by atoms with Crippen molar-refractivity contribution < 1.29 is 14.5 Å². The number of amides is 2. The average Bonchev–Trinajstić information content (AvgIpc) is 2.76. The van der Waals surface area contributed by atoms with Gasteiger partial charge in [-0.1, -0.05) is 43.3 Å². The molecule has 0 aliphatic carbocycles. The summed E-state index contributed by atoms with van der Waals surface area (Å²) in [7, 11) is 0. The van der Waals surface area contributed by atoms with Crippen molar-refractivity contribution in [3.63, 3.8) is 0 Å². The lowest BCUT2D eigenvalue weighted by Crippen LogP contribution is -3.14. The molecule has 1 fully saturated rings. The predicted octanol–water partition coefficient (Wildman–Crippen LogP) is 1.58. The van der Waals surface area contributed by atoms with Gasteiger partial charge in [0.05, 0.1) is 6.54 Å². The normalized spacial score (nSPS) is 15.0. The highest BCUT2D eigenvalue weighted by Crippen LogP contribution is 2.15. The molecule has 1 unspecified atom stereocenters. The lowest BCUT2D eigenvalue weighted by atomic mass is 10.2. The van der Waals surface area contributed by atoms with Crippen LogP contribution >= 0.6 is 0 Å². The van der Waals surface area contributed by atoms with Crippen molar-refractivity contribution in [2.24, 2.45) is 0 Å². The van der Waals surface area contributed by atoms with Crippen LogP contribution < -0.4 is 15.1 Å². The second kappa shape index (κ2) is 10.8. The Morgan fingerprint density at radius 2 is 1.60 bits per heavy atom. The maximum Gasteiger partial charge on any atom is 0.279 e. The van der Waals surface area contributed by atoms with E-state index in [1.54, 1.807) is 0 Å². The fraction of sp³-hybridized carbons (Fsp3) is 0.417. The van der Waals surface area contributed by atoms with Gasteiger partial charge < -0.3 is 20.0 Å². The van der Waals surface area contributed by atoms with Crippen LogP contribution in [0.15, 0.2) is 54.6 Å². The number of para-hydroxylation sites is 2. The van der Waals surface area contributed by atoms with E-state index in [-0.39, 0.29) is 11.8 Å². The Morgan fingerprint density at radius 1 is 0.933 bits per heavy atom. The quantitative estimate of drug-likeness (QED) is 0.696. The SMILES string of the molecule is CCC[NH+](CC(=O)Nc1ccccc1C)CC(=O)N1CCN(c2ccccc2)CC1. The van der Waals surface area contributed by atoms with Crippen LogP contribution in [-0.4, -0.2) is 62.5 Å². The summed E-state index contributed by atoms with van der Waals surface area (Å²) in [6.07, 6.45) is 0.933. The van der Waals surface area contributed by atoms with Crippen LogP contribution in [0.1, 0.15) is 18.9 Å². The summed E-state index contributed by atoms with van der Waals surface area (Å²) in [6, 6.07) is 18.1. The second-order valence-corrected chi connectivity index (χ2v) is 7.92. The molecule has 6 heteroatoms. The molecule has 0 saturated carbocycles. The molecule has 30 heavy (non-hydrogen) atoms. The van der Waals surface area contributed by atoms with Crippen LogP contribution in [0, 0.1) is 6.92 Å². The summed E-state index contributed by atoms with van der Waals surface area (Å²) in [4.78, 5) is 30.7. The molecule has 0 spiro atoms. The number of aryl methyl sites for hydroxylation is 1. The number of nitrogens with one attached hydrogen (secondary N) is 2. The Bertz CT molecular complexity index is 832. The summed E-state index contributed by atoms with van der Waals surface area (Å²) >= 11 is 0. The Balaban J connectivity index is 1.50. The van der Waals surface area contributed by atoms with E-state index < -0.39 is 0 Å². The molecule has 1 aliphatic heterocycles. The number of piperazine rings is 1. The first-order chi connectivity index (χ1) is 14.6. The van der Waals surface area contributed by atoms with E-state index >= 15 is 0 Å². The van der Waals surface area contributed by atoms with Gasteiger partial charge in [-0.3, -0.25) is 9.59 Å². The molecule has 2 aromatic rings. The van der Waals surface area contributed by atoms with Crippen LogP contribution in [0.2, 0.25) is 0 Å². The molecule has 0 radical (unpaired) electrons. The highest BCUT2D eigenvalue weighted by atomic mass is 16.2. The van der Waals surface area contributed by atoms with Gasteiger partial charge in [0, 0.05) is 37.6 Å². The summed E-state index contributed by atoms with van der Waals surface area (Å²) in [5, 5.41) is 2.98. The Kier molecular flexibility index (Phi) is 7.85. The summed E-state index contributed by atoms with van der Waals surface area (Å²) in [5.41, 5.74) is 3.08. The van der Waals surface area contributed by atoms with Gasteiger partial charge in [-0.25, -0.2) is 0 Å². The monoisotopic (exact) mass is 409 g/mol. The molecular formula is C24H33N4O2+. The van der Waals surface area contributed by atoms with Gasteiger partial charge in [-0.15, -0.1) is 0 Å². The maximum atomic E-state index is 12.9. The average molecular weight is 410 g/mol. The van der Waals surface area contributed by atoms with Crippen molar-refractivity contribution in [1.82, 2.24) is 4.90 Å². The fourth-order valence-electron chi connectivity index (χ4n) is 3.91. The number of anilines is 2. The van der Waals surface area contributed by atoms with Gasteiger partial charge in [-0.2, -0.15) is 0 Å². The predicted molar refractivity (Wildman–Crippen MR) is 121 cm³/mol. The molecule has 0 aromatic heterocycles. The van der Waals surface area contributed by atoms with Gasteiger partial charge in [0.15, 0.2) is 13.1 Å². The Morgan fingerprint density at radius 3 is 2.27 bits per heavy atom. The highest BCUT2D eigenvalue weighted by molar-refractivity contribution is 5.92. The van der Waals surface area contributed by atoms with E-state index in [0.717, 1.165) is 55.3 Å². The third kappa shape index (κ3) is 6.07. The molecule has 1 heterocycles.